The lowest BCUT2D eigenvalue weighted by Crippen LogP contribution is -2.39. The number of likely N-dealkylation sites (tertiary alicyclic amines) is 1. The summed E-state index contributed by atoms with van der Waals surface area (Å²) in [6.45, 7) is 8.66. The second-order valence-electron chi connectivity index (χ2n) is 9.63. The molecular weight excluding hydrogens is 378 g/mol. The van der Waals surface area contributed by atoms with E-state index in [1.807, 2.05) is 35.2 Å². The maximum atomic E-state index is 13.2. The average molecular weight is 416 g/mol. The fourth-order valence-electron chi connectivity index (χ4n) is 4.05. The summed E-state index contributed by atoms with van der Waals surface area (Å²) in [5, 5.41) is 9.20. The van der Waals surface area contributed by atoms with Crippen molar-refractivity contribution in [1.82, 2.24) is 4.90 Å². The van der Waals surface area contributed by atoms with Crippen molar-refractivity contribution in [3.05, 3.63) is 47.2 Å². The molecule has 5 nitrogen and oxygen atoms in total. The van der Waals surface area contributed by atoms with E-state index in [1.54, 1.807) is 0 Å². The number of rotatable bonds is 5. The van der Waals surface area contributed by atoms with Gasteiger partial charge in [-0.1, -0.05) is 64.3 Å². The highest BCUT2D eigenvalue weighted by molar-refractivity contribution is 5.91. The van der Waals surface area contributed by atoms with Gasteiger partial charge in [0.1, 0.15) is 0 Å². The van der Waals surface area contributed by atoms with E-state index >= 15 is 0 Å². The first kappa shape index (κ1) is 22.8. The fourth-order valence-corrected chi connectivity index (χ4v) is 4.05. The van der Waals surface area contributed by atoms with E-state index in [1.165, 1.54) is 19.3 Å². The van der Waals surface area contributed by atoms with Crippen LogP contribution in [0.1, 0.15) is 70.4 Å². The predicted molar refractivity (Wildman–Crippen MR) is 117 cm³/mol. The minimum Gasteiger partial charge on any atom is -0.459 e. The van der Waals surface area contributed by atoms with Crippen LogP contribution in [0.3, 0.4) is 0 Å². The zero-order valence-corrected chi connectivity index (χ0v) is 18.7. The summed E-state index contributed by atoms with van der Waals surface area (Å²) < 4.78 is 12.2. The molecule has 1 aromatic rings. The summed E-state index contributed by atoms with van der Waals surface area (Å²) in [4.78, 5) is 15.2. The molecule has 0 spiro atoms. The molecule has 5 heteroatoms. The predicted octanol–water partition coefficient (Wildman–Crippen LogP) is 4.78. The van der Waals surface area contributed by atoms with E-state index in [4.69, 9.17) is 9.47 Å². The van der Waals surface area contributed by atoms with Gasteiger partial charge in [0.25, 0.3) is 5.91 Å². The molecule has 2 aliphatic rings. The Hall–Kier alpha value is -1.85. The molecule has 0 aromatic heterocycles. The number of carbonyl (C=O) groups is 1. The molecule has 2 atom stereocenters. The number of benzene rings is 1. The second-order valence-corrected chi connectivity index (χ2v) is 9.63. The quantitative estimate of drug-likeness (QED) is 0.752. The highest BCUT2D eigenvalue weighted by Crippen LogP contribution is 2.37. The number of nitrogens with zero attached hydrogens (tertiary/aromatic N) is 1. The van der Waals surface area contributed by atoms with Gasteiger partial charge in [-0.05, 0) is 41.4 Å². The van der Waals surface area contributed by atoms with Gasteiger partial charge >= 0.3 is 0 Å². The molecule has 2 heterocycles. The van der Waals surface area contributed by atoms with Gasteiger partial charge in [0.2, 0.25) is 6.29 Å². The summed E-state index contributed by atoms with van der Waals surface area (Å²) in [5.74, 6) is 0.663. The van der Waals surface area contributed by atoms with E-state index in [2.05, 4.69) is 20.8 Å². The molecule has 1 fully saturated rings. The lowest BCUT2D eigenvalue weighted by Gasteiger charge is -2.37. The molecule has 0 radical (unpaired) electrons. The molecule has 0 saturated carbocycles. The van der Waals surface area contributed by atoms with Crippen molar-refractivity contribution < 1.29 is 19.4 Å². The Morgan fingerprint density at radius 2 is 1.67 bits per heavy atom. The zero-order chi connectivity index (χ0) is 21.6. The van der Waals surface area contributed by atoms with Gasteiger partial charge in [-0.3, -0.25) is 4.79 Å². The Bertz CT molecular complexity index is 712. The number of hydrogen-bond donors (Lipinski definition) is 1. The molecule has 1 amide bonds. The molecule has 0 bridgehead atoms. The van der Waals surface area contributed by atoms with Gasteiger partial charge < -0.3 is 19.5 Å². The number of carbonyl (C=O) groups excluding carboxylic acids is 1. The van der Waals surface area contributed by atoms with Gasteiger partial charge in [-0.25, -0.2) is 0 Å². The van der Waals surface area contributed by atoms with Crippen LogP contribution in [0.4, 0.5) is 0 Å². The van der Waals surface area contributed by atoms with Crippen LogP contribution >= 0.6 is 0 Å². The third kappa shape index (κ3) is 6.32. The first-order chi connectivity index (χ1) is 14.4. The van der Waals surface area contributed by atoms with Crippen molar-refractivity contribution in [1.29, 1.82) is 0 Å². The Kier molecular flexibility index (Phi) is 7.95. The van der Waals surface area contributed by atoms with Gasteiger partial charge in [-0.15, -0.1) is 0 Å². The summed E-state index contributed by atoms with van der Waals surface area (Å²) in [6, 6.07) is 7.71. The zero-order valence-electron chi connectivity index (χ0n) is 18.7. The van der Waals surface area contributed by atoms with Crippen molar-refractivity contribution in [2.24, 2.45) is 11.3 Å². The fraction of sp³-hybridized carbons (Fsp3) is 0.640. The molecule has 3 rings (SSSR count). The maximum Gasteiger partial charge on any atom is 0.288 e. The highest BCUT2D eigenvalue weighted by atomic mass is 16.7. The van der Waals surface area contributed by atoms with E-state index < -0.39 is 6.29 Å². The van der Waals surface area contributed by atoms with Gasteiger partial charge in [0, 0.05) is 19.5 Å². The standard InChI is InChI=1S/C25H37NO4/c1-25(2,3)21-15-22(24(28)26-13-7-5-4-6-8-14-26)30-23(16-21)29-18-20-11-9-19(17-27)10-12-20/h9-12,15,21,23,27H,4-8,13-14,16-18H2,1-3H3/t21-,23+/m0/s1. The molecule has 30 heavy (non-hydrogen) atoms. The van der Waals surface area contributed by atoms with E-state index in [0.717, 1.165) is 43.5 Å². The summed E-state index contributed by atoms with van der Waals surface area (Å²) >= 11 is 0. The van der Waals surface area contributed by atoms with Gasteiger partial charge in [0.15, 0.2) is 5.76 Å². The number of hydrogen-bond acceptors (Lipinski definition) is 4. The second kappa shape index (κ2) is 10.5. The van der Waals surface area contributed by atoms with Crippen LogP contribution in [-0.2, 0) is 27.5 Å². The Balaban J connectivity index is 1.68. The summed E-state index contributed by atoms with van der Waals surface area (Å²) in [7, 11) is 0. The topological polar surface area (TPSA) is 59.0 Å². The van der Waals surface area contributed by atoms with Crippen LogP contribution < -0.4 is 0 Å². The molecule has 2 aliphatic heterocycles. The van der Waals surface area contributed by atoms with Crippen LogP contribution in [0.25, 0.3) is 0 Å². The average Bonchev–Trinajstić information content (AvgIpc) is 2.71. The third-order valence-corrected chi connectivity index (χ3v) is 6.17. The summed E-state index contributed by atoms with van der Waals surface area (Å²) in [6.07, 6.45) is 8.08. The molecule has 1 N–H and O–H groups in total. The van der Waals surface area contributed by atoms with Gasteiger partial charge in [-0.2, -0.15) is 0 Å². The van der Waals surface area contributed by atoms with Crippen molar-refractivity contribution >= 4 is 5.91 Å². The molecule has 0 aliphatic carbocycles. The minimum atomic E-state index is -0.439. The smallest absolute Gasteiger partial charge is 0.288 e. The Morgan fingerprint density at radius 1 is 1.07 bits per heavy atom. The first-order valence-corrected chi connectivity index (χ1v) is 11.3. The lowest BCUT2D eigenvalue weighted by atomic mass is 9.77. The monoisotopic (exact) mass is 415 g/mol. The van der Waals surface area contributed by atoms with Crippen molar-refractivity contribution in [2.75, 3.05) is 13.1 Å². The van der Waals surface area contributed by atoms with Crippen LogP contribution in [0.2, 0.25) is 0 Å². The van der Waals surface area contributed by atoms with Gasteiger partial charge in [0.05, 0.1) is 13.2 Å². The highest BCUT2D eigenvalue weighted by Gasteiger charge is 2.35. The molecule has 0 unspecified atom stereocenters. The van der Waals surface area contributed by atoms with E-state index in [-0.39, 0.29) is 23.8 Å². The number of amides is 1. The molecule has 1 saturated heterocycles. The molecular formula is C25H37NO4. The number of ether oxygens (including phenoxy) is 2. The Labute approximate surface area is 181 Å². The van der Waals surface area contributed by atoms with Crippen LogP contribution in [0, 0.1) is 11.3 Å². The molecule has 166 valence electrons. The van der Waals surface area contributed by atoms with Crippen LogP contribution in [0.5, 0.6) is 0 Å². The largest absolute Gasteiger partial charge is 0.459 e. The normalized spacial score (nSPS) is 23.2. The maximum absolute atomic E-state index is 13.2. The summed E-state index contributed by atoms with van der Waals surface area (Å²) in [5.41, 5.74) is 1.93. The lowest BCUT2D eigenvalue weighted by molar-refractivity contribution is -0.162. The van der Waals surface area contributed by atoms with Crippen LogP contribution in [-0.4, -0.2) is 35.3 Å². The first-order valence-electron chi connectivity index (χ1n) is 11.3. The van der Waals surface area contributed by atoms with Crippen molar-refractivity contribution in [3.8, 4) is 0 Å². The van der Waals surface area contributed by atoms with Crippen molar-refractivity contribution in [2.45, 2.75) is 78.8 Å². The van der Waals surface area contributed by atoms with Crippen molar-refractivity contribution in [3.63, 3.8) is 0 Å². The van der Waals surface area contributed by atoms with Crippen LogP contribution in [0.15, 0.2) is 36.1 Å². The number of aliphatic hydroxyl groups excluding tert-OH is 1. The Morgan fingerprint density at radius 3 is 2.27 bits per heavy atom. The number of aliphatic hydroxyl groups is 1. The minimum absolute atomic E-state index is 0.00625. The van der Waals surface area contributed by atoms with E-state index in [9.17, 15) is 9.90 Å². The van der Waals surface area contributed by atoms with E-state index in [0.29, 0.717) is 12.4 Å². The SMILES string of the molecule is CC(C)(C)[C@H]1C=C(C(=O)N2CCCCCCC2)O[C@@H](OCc2ccc(CO)cc2)C1. The number of allylic oxidation sites excluding steroid dienone is 1. The molecule has 1 aromatic carbocycles. The third-order valence-electron chi connectivity index (χ3n) is 6.17.